The van der Waals surface area contributed by atoms with Gasteiger partial charge in [-0.25, -0.2) is 9.97 Å². The summed E-state index contributed by atoms with van der Waals surface area (Å²) in [6.07, 6.45) is -2.02. The minimum absolute atomic E-state index is 0.326. The topological polar surface area (TPSA) is 54.5 Å². The summed E-state index contributed by atoms with van der Waals surface area (Å²) in [4.78, 5) is 15.0. The minimum Gasteiger partial charge on any atom is -0.335 e. The van der Waals surface area contributed by atoms with Crippen LogP contribution < -0.4 is 0 Å². The molecule has 3 rings (SSSR count). The second-order valence-electron chi connectivity index (χ2n) is 4.04. The van der Waals surface area contributed by atoms with Crippen LogP contribution in [-0.2, 0) is 6.18 Å². The van der Waals surface area contributed by atoms with Crippen molar-refractivity contribution in [1.82, 2.24) is 19.9 Å². The zero-order valence-electron chi connectivity index (χ0n) is 9.74. The number of hydrogen-bond donors (Lipinski definition) is 1. The molecule has 0 radical (unpaired) electrons. The maximum absolute atomic E-state index is 12.5. The van der Waals surface area contributed by atoms with Gasteiger partial charge in [-0.15, -0.1) is 0 Å². The number of aromatic nitrogens is 4. The van der Waals surface area contributed by atoms with Crippen molar-refractivity contribution >= 4 is 27.1 Å². The van der Waals surface area contributed by atoms with Gasteiger partial charge in [0.1, 0.15) is 5.69 Å². The molecule has 8 heteroatoms. The third kappa shape index (κ3) is 2.38. The van der Waals surface area contributed by atoms with Crippen LogP contribution in [0.5, 0.6) is 0 Å². The Morgan fingerprint density at radius 3 is 2.55 bits per heavy atom. The predicted octanol–water partition coefficient (Wildman–Crippen LogP) is 3.80. The van der Waals surface area contributed by atoms with Crippen LogP contribution in [0.25, 0.3) is 22.7 Å². The van der Waals surface area contributed by atoms with E-state index in [9.17, 15) is 13.2 Å². The normalized spacial score (nSPS) is 12.0. The van der Waals surface area contributed by atoms with E-state index < -0.39 is 11.7 Å². The highest BCUT2D eigenvalue weighted by atomic mass is 79.9. The summed E-state index contributed by atoms with van der Waals surface area (Å²) in [6.45, 7) is 0. The summed E-state index contributed by atoms with van der Waals surface area (Å²) in [5.74, 6) is 0.374. The molecule has 0 amide bonds. The van der Waals surface area contributed by atoms with Gasteiger partial charge in [-0.05, 0) is 34.1 Å². The average Bonchev–Trinajstić information content (AvgIpc) is 2.80. The Morgan fingerprint density at radius 2 is 1.90 bits per heavy atom. The molecular formula is C12H6BrF3N4. The monoisotopic (exact) mass is 342 g/mol. The van der Waals surface area contributed by atoms with Gasteiger partial charge in [0.05, 0.1) is 11.1 Å². The van der Waals surface area contributed by atoms with Crippen molar-refractivity contribution in [2.24, 2.45) is 0 Å². The van der Waals surface area contributed by atoms with Crippen molar-refractivity contribution in [1.29, 1.82) is 0 Å². The Morgan fingerprint density at radius 1 is 1.10 bits per heavy atom. The van der Waals surface area contributed by atoms with Gasteiger partial charge in [-0.3, -0.25) is 4.98 Å². The number of hydrogen-bond acceptors (Lipinski definition) is 3. The summed E-state index contributed by atoms with van der Waals surface area (Å²) < 4.78 is 38.1. The lowest BCUT2D eigenvalue weighted by molar-refractivity contribution is -0.137. The van der Waals surface area contributed by atoms with Crippen molar-refractivity contribution in [3.8, 4) is 11.5 Å². The molecule has 20 heavy (non-hydrogen) atoms. The molecule has 0 aromatic carbocycles. The molecule has 0 unspecified atom stereocenters. The highest BCUT2D eigenvalue weighted by Crippen LogP contribution is 2.29. The molecule has 0 aliphatic carbocycles. The molecule has 0 aliphatic rings. The standard InChI is InChI=1S/C12H6BrF3N4/c13-7-3-9-10(18-5-7)20-11(19-9)8-2-1-6(4-17-8)12(14,15)16/h1-5H,(H,18,19,20). The molecule has 102 valence electrons. The summed E-state index contributed by atoms with van der Waals surface area (Å²) >= 11 is 3.28. The van der Waals surface area contributed by atoms with E-state index in [0.717, 1.165) is 16.7 Å². The van der Waals surface area contributed by atoms with Gasteiger partial charge in [0.25, 0.3) is 0 Å². The lowest BCUT2D eigenvalue weighted by Crippen LogP contribution is -2.05. The molecule has 3 aromatic rings. The Bertz CT molecular complexity index is 764. The van der Waals surface area contributed by atoms with Crippen LogP contribution in [-0.4, -0.2) is 19.9 Å². The zero-order valence-corrected chi connectivity index (χ0v) is 11.3. The molecule has 0 bridgehead atoms. The van der Waals surface area contributed by atoms with E-state index in [-0.39, 0.29) is 0 Å². The van der Waals surface area contributed by atoms with Gasteiger partial charge in [0.15, 0.2) is 11.5 Å². The van der Waals surface area contributed by atoms with E-state index >= 15 is 0 Å². The zero-order chi connectivity index (χ0) is 14.3. The van der Waals surface area contributed by atoms with Gasteiger partial charge in [-0.1, -0.05) is 0 Å². The molecule has 4 nitrogen and oxygen atoms in total. The Kier molecular flexibility index (Phi) is 2.97. The van der Waals surface area contributed by atoms with Crippen LogP contribution in [0.2, 0.25) is 0 Å². The lowest BCUT2D eigenvalue weighted by Gasteiger charge is -2.05. The number of H-pyrrole nitrogens is 1. The molecule has 0 saturated carbocycles. The molecule has 0 spiro atoms. The summed E-state index contributed by atoms with van der Waals surface area (Å²) in [6, 6.07) is 4.03. The van der Waals surface area contributed by atoms with Crippen LogP contribution >= 0.6 is 15.9 Å². The van der Waals surface area contributed by atoms with Crippen molar-refractivity contribution in [2.45, 2.75) is 6.18 Å². The highest BCUT2D eigenvalue weighted by molar-refractivity contribution is 9.10. The van der Waals surface area contributed by atoms with Crippen LogP contribution in [0.15, 0.2) is 35.1 Å². The number of pyridine rings is 2. The highest BCUT2D eigenvalue weighted by Gasteiger charge is 2.30. The predicted molar refractivity (Wildman–Crippen MR) is 69.8 cm³/mol. The van der Waals surface area contributed by atoms with Gasteiger partial charge >= 0.3 is 6.18 Å². The van der Waals surface area contributed by atoms with E-state index in [0.29, 0.717) is 22.7 Å². The Hall–Kier alpha value is -1.96. The average molecular weight is 343 g/mol. The molecule has 1 N–H and O–H groups in total. The largest absolute Gasteiger partial charge is 0.417 e. The number of alkyl halides is 3. The van der Waals surface area contributed by atoms with Crippen molar-refractivity contribution in [2.75, 3.05) is 0 Å². The summed E-state index contributed by atoms with van der Waals surface area (Å²) in [7, 11) is 0. The number of rotatable bonds is 1. The number of nitrogens with zero attached hydrogens (tertiary/aromatic N) is 3. The summed E-state index contributed by atoms with van der Waals surface area (Å²) in [5.41, 5.74) is 0.686. The number of imidazole rings is 1. The number of aromatic amines is 1. The van der Waals surface area contributed by atoms with Gasteiger partial charge in [-0.2, -0.15) is 13.2 Å². The number of nitrogens with one attached hydrogen (secondary N) is 1. The molecule has 0 atom stereocenters. The molecule has 0 saturated heterocycles. The van der Waals surface area contributed by atoms with Crippen molar-refractivity contribution in [3.05, 3.63) is 40.6 Å². The quantitative estimate of drug-likeness (QED) is 0.731. The maximum atomic E-state index is 12.5. The maximum Gasteiger partial charge on any atom is 0.417 e. The van der Waals surface area contributed by atoms with Gasteiger partial charge < -0.3 is 4.98 Å². The molecule has 3 aromatic heterocycles. The third-order valence-corrected chi connectivity index (χ3v) is 3.07. The first kappa shape index (κ1) is 13.0. The fourth-order valence-electron chi connectivity index (χ4n) is 1.70. The third-order valence-electron chi connectivity index (χ3n) is 2.64. The van der Waals surface area contributed by atoms with Crippen LogP contribution in [0.4, 0.5) is 13.2 Å². The molecule has 0 fully saturated rings. The van der Waals surface area contributed by atoms with Gasteiger partial charge in [0.2, 0.25) is 0 Å². The second-order valence-corrected chi connectivity index (χ2v) is 4.96. The summed E-state index contributed by atoms with van der Waals surface area (Å²) in [5, 5.41) is 0. The fourth-order valence-corrected chi connectivity index (χ4v) is 2.03. The van der Waals surface area contributed by atoms with E-state index in [4.69, 9.17) is 0 Å². The van der Waals surface area contributed by atoms with E-state index in [1.165, 1.54) is 6.07 Å². The first-order valence-corrected chi connectivity index (χ1v) is 6.28. The first-order chi connectivity index (χ1) is 9.43. The van der Waals surface area contributed by atoms with Gasteiger partial charge in [0, 0.05) is 16.9 Å². The smallest absolute Gasteiger partial charge is 0.335 e. The van der Waals surface area contributed by atoms with Crippen LogP contribution in [0, 0.1) is 0 Å². The fraction of sp³-hybridized carbons (Fsp3) is 0.0833. The Labute approximate surface area is 119 Å². The molecule has 3 heterocycles. The molecule has 0 aliphatic heterocycles. The van der Waals surface area contributed by atoms with Crippen LogP contribution in [0.3, 0.4) is 0 Å². The number of fused-ring (bicyclic) bond motifs is 1. The molecular weight excluding hydrogens is 337 g/mol. The Balaban J connectivity index is 2.02. The van der Waals surface area contributed by atoms with E-state index in [2.05, 4.69) is 35.9 Å². The van der Waals surface area contributed by atoms with E-state index in [1.807, 2.05) is 0 Å². The second kappa shape index (κ2) is 4.55. The SMILES string of the molecule is FC(F)(F)c1ccc(-c2nc3ncc(Br)cc3[nH]2)nc1. The van der Waals surface area contributed by atoms with Crippen LogP contribution in [0.1, 0.15) is 5.56 Å². The van der Waals surface area contributed by atoms with Crippen molar-refractivity contribution < 1.29 is 13.2 Å². The first-order valence-electron chi connectivity index (χ1n) is 5.48. The van der Waals surface area contributed by atoms with Crippen molar-refractivity contribution in [3.63, 3.8) is 0 Å². The number of halogens is 4. The minimum atomic E-state index is -4.40. The lowest BCUT2D eigenvalue weighted by atomic mass is 10.2. The van der Waals surface area contributed by atoms with E-state index in [1.54, 1.807) is 12.3 Å².